The molecule has 0 fully saturated rings. The molecule has 3 rings (SSSR count). The van der Waals surface area contributed by atoms with Gasteiger partial charge in [-0.1, -0.05) is 37.3 Å². The van der Waals surface area contributed by atoms with Gasteiger partial charge in [-0.15, -0.1) is 0 Å². The molecule has 0 radical (unpaired) electrons. The molecule has 0 spiro atoms. The van der Waals surface area contributed by atoms with Crippen molar-refractivity contribution in [3.8, 4) is 0 Å². The number of fused-ring (bicyclic) bond motifs is 1. The lowest BCUT2D eigenvalue weighted by atomic mass is 10.1. The molecule has 0 saturated carbocycles. The van der Waals surface area contributed by atoms with Crippen LogP contribution in [0.25, 0.3) is 10.9 Å². The Morgan fingerprint density at radius 2 is 1.88 bits per heavy atom. The van der Waals surface area contributed by atoms with Crippen molar-refractivity contribution in [3.05, 3.63) is 65.9 Å². The van der Waals surface area contributed by atoms with Crippen molar-refractivity contribution in [2.24, 2.45) is 0 Å². The van der Waals surface area contributed by atoms with Crippen molar-refractivity contribution in [3.63, 3.8) is 0 Å². The number of anilines is 1. The number of hydrogen-bond acceptors (Lipinski definition) is 2. The lowest BCUT2D eigenvalue weighted by Gasteiger charge is -2.14. The van der Waals surface area contributed by atoms with Gasteiger partial charge in [-0.3, -0.25) is 4.79 Å². The summed E-state index contributed by atoms with van der Waals surface area (Å²) < 4.78 is 0. The standard InChI is InChI=1S/C21H25N3O/c1-3-16-8-10-18(11-9-16)24-21(25)15(2)22-13-12-17-14-23-20-7-5-4-6-19(17)20/h4-11,14-15,22-23H,3,12-13H2,1-2H3,(H,24,25). The molecule has 1 atom stereocenters. The van der Waals surface area contributed by atoms with Crippen LogP contribution in [-0.4, -0.2) is 23.5 Å². The van der Waals surface area contributed by atoms with Crippen molar-refractivity contribution in [1.82, 2.24) is 10.3 Å². The Kier molecular flexibility index (Phi) is 5.51. The van der Waals surface area contributed by atoms with Crippen LogP contribution in [0.15, 0.2) is 54.7 Å². The number of amides is 1. The minimum atomic E-state index is -0.240. The normalized spacial score (nSPS) is 12.2. The van der Waals surface area contributed by atoms with E-state index in [9.17, 15) is 4.79 Å². The van der Waals surface area contributed by atoms with Crippen LogP contribution in [0.5, 0.6) is 0 Å². The summed E-state index contributed by atoms with van der Waals surface area (Å²) in [6.07, 6.45) is 3.93. The van der Waals surface area contributed by atoms with Gasteiger partial charge in [0.1, 0.15) is 0 Å². The molecule has 2 aromatic carbocycles. The summed E-state index contributed by atoms with van der Waals surface area (Å²) in [5.41, 5.74) is 4.53. The molecule has 0 aliphatic carbocycles. The smallest absolute Gasteiger partial charge is 0.241 e. The van der Waals surface area contributed by atoms with Gasteiger partial charge in [0, 0.05) is 22.8 Å². The topological polar surface area (TPSA) is 56.9 Å². The predicted octanol–water partition coefficient (Wildman–Crippen LogP) is 3.89. The minimum absolute atomic E-state index is 0.0109. The van der Waals surface area contributed by atoms with E-state index in [-0.39, 0.29) is 11.9 Å². The maximum atomic E-state index is 12.3. The molecule has 0 saturated heterocycles. The highest BCUT2D eigenvalue weighted by Crippen LogP contribution is 2.17. The highest BCUT2D eigenvalue weighted by molar-refractivity contribution is 5.94. The van der Waals surface area contributed by atoms with Gasteiger partial charge in [-0.25, -0.2) is 0 Å². The van der Waals surface area contributed by atoms with Crippen LogP contribution in [0.4, 0.5) is 5.69 Å². The number of H-pyrrole nitrogens is 1. The van der Waals surface area contributed by atoms with E-state index in [4.69, 9.17) is 0 Å². The van der Waals surface area contributed by atoms with Gasteiger partial charge in [0.05, 0.1) is 6.04 Å². The molecule has 1 aromatic heterocycles. The molecule has 130 valence electrons. The van der Waals surface area contributed by atoms with E-state index in [1.54, 1.807) is 0 Å². The highest BCUT2D eigenvalue weighted by Gasteiger charge is 2.12. The van der Waals surface area contributed by atoms with Crippen molar-refractivity contribution in [2.75, 3.05) is 11.9 Å². The van der Waals surface area contributed by atoms with Gasteiger partial charge < -0.3 is 15.6 Å². The molecule has 1 amide bonds. The molecule has 3 aromatic rings. The summed E-state index contributed by atoms with van der Waals surface area (Å²) in [6, 6.07) is 16.0. The van der Waals surface area contributed by atoms with Crippen LogP contribution in [0.3, 0.4) is 0 Å². The first-order valence-electron chi connectivity index (χ1n) is 8.85. The number of carbonyl (C=O) groups is 1. The van der Waals surface area contributed by atoms with Gasteiger partial charge in [0.15, 0.2) is 0 Å². The van der Waals surface area contributed by atoms with E-state index < -0.39 is 0 Å². The zero-order valence-corrected chi connectivity index (χ0v) is 14.8. The SMILES string of the molecule is CCc1ccc(NC(=O)C(C)NCCc2c[nH]c3ccccc23)cc1. The number of benzene rings is 2. The number of aryl methyl sites for hydroxylation is 1. The van der Waals surface area contributed by atoms with Crippen molar-refractivity contribution < 1.29 is 4.79 Å². The van der Waals surface area contributed by atoms with E-state index in [1.807, 2.05) is 49.5 Å². The molecule has 0 aliphatic rings. The molecule has 4 heteroatoms. The molecule has 1 heterocycles. The quantitative estimate of drug-likeness (QED) is 0.613. The first-order chi connectivity index (χ1) is 12.2. The zero-order chi connectivity index (χ0) is 17.6. The number of carbonyl (C=O) groups excluding carboxylic acids is 1. The average Bonchev–Trinajstić information content (AvgIpc) is 3.05. The molecule has 1 unspecified atom stereocenters. The molecular formula is C21H25N3O. The molecule has 25 heavy (non-hydrogen) atoms. The monoisotopic (exact) mass is 335 g/mol. The second-order valence-electron chi connectivity index (χ2n) is 6.33. The van der Waals surface area contributed by atoms with Crippen LogP contribution in [0.2, 0.25) is 0 Å². The van der Waals surface area contributed by atoms with E-state index in [0.717, 1.165) is 30.6 Å². The Labute approximate surface area is 148 Å². The number of aromatic amines is 1. The van der Waals surface area contributed by atoms with Crippen molar-refractivity contribution in [2.45, 2.75) is 32.7 Å². The van der Waals surface area contributed by atoms with Gasteiger partial charge in [0.2, 0.25) is 5.91 Å². The van der Waals surface area contributed by atoms with Crippen LogP contribution in [0, 0.1) is 0 Å². The van der Waals surface area contributed by atoms with Gasteiger partial charge in [0.25, 0.3) is 0 Å². The second kappa shape index (κ2) is 7.99. The Morgan fingerprint density at radius 3 is 2.64 bits per heavy atom. The number of rotatable bonds is 7. The first-order valence-corrected chi connectivity index (χ1v) is 8.85. The molecule has 0 aliphatic heterocycles. The fourth-order valence-corrected chi connectivity index (χ4v) is 2.93. The summed E-state index contributed by atoms with van der Waals surface area (Å²) in [4.78, 5) is 15.6. The molecule has 0 bridgehead atoms. The zero-order valence-electron chi connectivity index (χ0n) is 14.8. The third-order valence-corrected chi connectivity index (χ3v) is 4.54. The highest BCUT2D eigenvalue weighted by atomic mass is 16.2. The predicted molar refractivity (Wildman–Crippen MR) is 104 cm³/mol. The second-order valence-corrected chi connectivity index (χ2v) is 6.33. The minimum Gasteiger partial charge on any atom is -0.361 e. The summed E-state index contributed by atoms with van der Waals surface area (Å²) in [7, 11) is 0. The summed E-state index contributed by atoms with van der Waals surface area (Å²) in [5, 5.41) is 7.51. The number of hydrogen-bond donors (Lipinski definition) is 3. The van der Waals surface area contributed by atoms with E-state index in [0.29, 0.717) is 0 Å². The van der Waals surface area contributed by atoms with Gasteiger partial charge in [-0.05, 0) is 55.6 Å². The largest absolute Gasteiger partial charge is 0.361 e. The van der Waals surface area contributed by atoms with Crippen LogP contribution in [0.1, 0.15) is 25.0 Å². The maximum absolute atomic E-state index is 12.3. The fraction of sp³-hybridized carbons (Fsp3) is 0.286. The van der Waals surface area contributed by atoms with Crippen molar-refractivity contribution in [1.29, 1.82) is 0 Å². The van der Waals surface area contributed by atoms with Crippen LogP contribution >= 0.6 is 0 Å². The number of aromatic nitrogens is 1. The third-order valence-electron chi connectivity index (χ3n) is 4.54. The first kappa shape index (κ1) is 17.2. The van der Waals surface area contributed by atoms with Gasteiger partial charge >= 0.3 is 0 Å². The number of para-hydroxylation sites is 1. The Bertz CT molecular complexity index is 836. The summed E-state index contributed by atoms with van der Waals surface area (Å²) >= 11 is 0. The third kappa shape index (κ3) is 4.28. The van der Waals surface area contributed by atoms with Gasteiger partial charge in [-0.2, -0.15) is 0 Å². The molecular weight excluding hydrogens is 310 g/mol. The van der Waals surface area contributed by atoms with Crippen molar-refractivity contribution >= 4 is 22.5 Å². The lowest BCUT2D eigenvalue weighted by molar-refractivity contribution is -0.117. The Morgan fingerprint density at radius 1 is 1.12 bits per heavy atom. The fourth-order valence-electron chi connectivity index (χ4n) is 2.93. The van der Waals surface area contributed by atoms with E-state index in [1.165, 1.54) is 16.5 Å². The average molecular weight is 335 g/mol. The summed E-state index contributed by atoms with van der Waals surface area (Å²) in [5.74, 6) is -0.0109. The molecule has 4 nitrogen and oxygen atoms in total. The Balaban J connectivity index is 1.49. The summed E-state index contributed by atoms with van der Waals surface area (Å²) in [6.45, 7) is 4.77. The lowest BCUT2D eigenvalue weighted by Crippen LogP contribution is -2.39. The Hall–Kier alpha value is -2.59. The van der Waals surface area contributed by atoms with E-state index >= 15 is 0 Å². The van der Waals surface area contributed by atoms with E-state index in [2.05, 4.69) is 34.7 Å². The number of nitrogens with one attached hydrogen (secondary N) is 3. The maximum Gasteiger partial charge on any atom is 0.241 e. The van der Waals surface area contributed by atoms with Crippen LogP contribution in [-0.2, 0) is 17.6 Å². The molecule has 3 N–H and O–H groups in total. The van der Waals surface area contributed by atoms with Crippen LogP contribution < -0.4 is 10.6 Å².